The van der Waals surface area contributed by atoms with E-state index < -0.39 is 9.84 Å². The standard InChI is InChI=1S/C17H21FN2O3S2/c1-3-11(2)16(21)19-17-20(8-12-4-6-13(18)7-5-12)14-9-25(22,23)10-15(14)24-17/h4-7,11,14-15H,3,8-10H2,1-2H3/t11-,14+,15+/m1/s1. The average molecular weight is 384 g/mol. The van der Waals surface area contributed by atoms with E-state index in [1.54, 1.807) is 12.1 Å². The summed E-state index contributed by atoms with van der Waals surface area (Å²) in [5, 5.41) is 0.480. The summed E-state index contributed by atoms with van der Waals surface area (Å²) in [5.41, 5.74) is 0.857. The number of amides is 1. The number of rotatable bonds is 4. The summed E-state index contributed by atoms with van der Waals surface area (Å²) in [6.45, 7) is 4.18. The molecule has 1 aromatic carbocycles. The molecule has 3 rings (SSSR count). The molecular formula is C17H21FN2O3S2. The van der Waals surface area contributed by atoms with E-state index in [-0.39, 0.29) is 40.4 Å². The highest BCUT2D eigenvalue weighted by atomic mass is 32.2. The second-order valence-corrected chi connectivity index (χ2v) is 9.96. The van der Waals surface area contributed by atoms with Crippen molar-refractivity contribution in [1.29, 1.82) is 0 Å². The highest BCUT2D eigenvalue weighted by Crippen LogP contribution is 2.39. The van der Waals surface area contributed by atoms with Gasteiger partial charge in [-0.25, -0.2) is 12.8 Å². The van der Waals surface area contributed by atoms with Gasteiger partial charge >= 0.3 is 0 Å². The lowest BCUT2D eigenvalue weighted by atomic mass is 10.1. The zero-order valence-electron chi connectivity index (χ0n) is 14.2. The summed E-state index contributed by atoms with van der Waals surface area (Å²) < 4.78 is 37.1. The third-order valence-electron chi connectivity index (χ3n) is 4.68. The van der Waals surface area contributed by atoms with Crippen LogP contribution < -0.4 is 0 Å². The lowest BCUT2D eigenvalue weighted by Gasteiger charge is -2.24. The predicted molar refractivity (Wildman–Crippen MR) is 97.7 cm³/mol. The summed E-state index contributed by atoms with van der Waals surface area (Å²) in [5.74, 6) is -0.482. The Morgan fingerprint density at radius 3 is 2.68 bits per heavy atom. The fourth-order valence-electron chi connectivity index (χ4n) is 2.99. The first kappa shape index (κ1) is 18.4. The van der Waals surface area contributed by atoms with Gasteiger partial charge in [-0.2, -0.15) is 4.99 Å². The van der Waals surface area contributed by atoms with Crippen LogP contribution in [0.4, 0.5) is 4.39 Å². The summed E-state index contributed by atoms with van der Waals surface area (Å²) >= 11 is 1.37. The van der Waals surface area contributed by atoms with Gasteiger partial charge in [0.1, 0.15) is 5.82 Å². The minimum absolute atomic E-state index is 0.0718. The van der Waals surface area contributed by atoms with Gasteiger partial charge in [0.25, 0.3) is 5.91 Å². The Kier molecular flexibility index (Phi) is 5.20. The van der Waals surface area contributed by atoms with Crippen LogP contribution in [0.5, 0.6) is 0 Å². The van der Waals surface area contributed by atoms with Crippen LogP contribution in [0.25, 0.3) is 0 Å². The van der Waals surface area contributed by atoms with Crippen molar-refractivity contribution < 1.29 is 17.6 Å². The largest absolute Gasteiger partial charge is 0.342 e. The van der Waals surface area contributed by atoms with Crippen LogP contribution in [-0.4, -0.2) is 47.2 Å². The monoisotopic (exact) mass is 384 g/mol. The first-order valence-corrected chi connectivity index (χ1v) is 11.0. The highest BCUT2D eigenvalue weighted by Gasteiger charge is 2.48. The van der Waals surface area contributed by atoms with E-state index in [9.17, 15) is 17.6 Å². The average Bonchev–Trinajstić information content (AvgIpc) is 3.01. The zero-order chi connectivity index (χ0) is 18.2. The maximum absolute atomic E-state index is 13.1. The Labute approximate surface area is 151 Å². The molecule has 0 spiro atoms. The number of nitrogens with zero attached hydrogens (tertiary/aromatic N) is 2. The van der Waals surface area contributed by atoms with Gasteiger partial charge < -0.3 is 4.90 Å². The molecule has 0 bridgehead atoms. The molecule has 2 saturated heterocycles. The molecule has 0 N–H and O–H groups in total. The lowest BCUT2D eigenvalue weighted by molar-refractivity contribution is -0.121. The van der Waals surface area contributed by atoms with Gasteiger partial charge in [-0.15, -0.1) is 0 Å². The number of carbonyl (C=O) groups excluding carboxylic acids is 1. The predicted octanol–water partition coefficient (Wildman–Crippen LogP) is 2.47. The molecule has 1 amide bonds. The molecule has 136 valence electrons. The normalized spacial score (nSPS) is 27.5. The van der Waals surface area contributed by atoms with Crippen molar-refractivity contribution in [3.63, 3.8) is 0 Å². The van der Waals surface area contributed by atoms with Crippen LogP contribution >= 0.6 is 11.8 Å². The molecule has 0 saturated carbocycles. The van der Waals surface area contributed by atoms with E-state index in [1.807, 2.05) is 18.7 Å². The molecule has 1 aromatic rings. The number of sulfone groups is 1. The Bertz CT molecular complexity index is 793. The van der Waals surface area contributed by atoms with Crippen molar-refractivity contribution in [2.24, 2.45) is 10.9 Å². The molecule has 0 aliphatic carbocycles. The maximum Gasteiger partial charge on any atom is 0.250 e. The van der Waals surface area contributed by atoms with Crippen LogP contribution in [0.1, 0.15) is 25.8 Å². The molecule has 0 radical (unpaired) electrons. The minimum atomic E-state index is -3.07. The van der Waals surface area contributed by atoms with Crippen molar-refractivity contribution in [2.75, 3.05) is 11.5 Å². The van der Waals surface area contributed by atoms with Gasteiger partial charge in [0.05, 0.1) is 17.5 Å². The van der Waals surface area contributed by atoms with E-state index in [2.05, 4.69) is 4.99 Å². The zero-order valence-corrected chi connectivity index (χ0v) is 15.8. The van der Waals surface area contributed by atoms with E-state index in [0.717, 1.165) is 5.56 Å². The second kappa shape index (κ2) is 7.07. The minimum Gasteiger partial charge on any atom is -0.342 e. The van der Waals surface area contributed by atoms with Crippen LogP contribution in [0.15, 0.2) is 29.3 Å². The molecule has 2 heterocycles. The van der Waals surface area contributed by atoms with Crippen molar-refractivity contribution in [3.05, 3.63) is 35.6 Å². The Balaban J connectivity index is 1.88. The van der Waals surface area contributed by atoms with Crippen LogP contribution in [0.2, 0.25) is 0 Å². The maximum atomic E-state index is 13.1. The second-order valence-electron chi connectivity index (χ2n) is 6.60. The fourth-order valence-corrected chi connectivity index (χ4v) is 6.94. The first-order chi connectivity index (χ1) is 11.8. The van der Waals surface area contributed by atoms with Crippen LogP contribution in [-0.2, 0) is 21.2 Å². The summed E-state index contributed by atoms with van der Waals surface area (Å²) in [7, 11) is -3.07. The Hall–Kier alpha value is -1.41. The number of hydrogen-bond acceptors (Lipinski definition) is 4. The molecule has 8 heteroatoms. The van der Waals surface area contributed by atoms with E-state index in [0.29, 0.717) is 18.1 Å². The van der Waals surface area contributed by atoms with Crippen LogP contribution in [0, 0.1) is 11.7 Å². The van der Waals surface area contributed by atoms with Crippen molar-refractivity contribution in [3.8, 4) is 0 Å². The molecule has 0 aromatic heterocycles. The Morgan fingerprint density at radius 2 is 2.04 bits per heavy atom. The third-order valence-corrected chi connectivity index (χ3v) is 7.93. The highest BCUT2D eigenvalue weighted by molar-refractivity contribution is 8.15. The molecule has 2 aliphatic rings. The SMILES string of the molecule is CC[C@@H](C)C(=O)N=C1S[C@H]2CS(=O)(=O)C[C@@H]2N1Cc1ccc(F)cc1. The van der Waals surface area contributed by atoms with Crippen molar-refractivity contribution in [2.45, 2.75) is 38.1 Å². The molecule has 2 fully saturated rings. The van der Waals surface area contributed by atoms with Gasteiger partial charge in [0, 0.05) is 17.7 Å². The number of aliphatic imine (C=N–C) groups is 1. The number of halogens is 1. The number of benzene rings is 1. The Morgan fingerprint density at radius 1 is 1.36 bits per heavy atom. The number of hydrogen-bond donors (Lipinski definition) is 0. The van der Waals surface area contributed by atoms with Gasteiger partial charge in [-0.3, -0.25) is 4.79 Å². The van der Waals surface area contributed by atoms with E-state index >= 15 is 0 Å². The van der Waals surface area contributed by atoms with Crippen LogP contribution in [0.3, 0.4) is 0 Å². The van der Waals surface area contributed by atoms with Crippen molar-refractivity contribution >= 4 is 32.7 Å². The molecule has 5 nitrogen and oxygen atoms in total. The summed E-state index contributed by atoms with van der Waals surface area (Å²) in [4.78, 5) is 18.4. The van der Waals surface area contributed by atoms with Gasteiger partial charge in [-0.05, 0) is 24.1 Å². The quantitative estimate of drug-likeness (QED) is 0.798. The molecule has 2 aliphatic heterocycles. The molecule has 3 atom stereocenters. The smallest absolute Gasteiger partial charge is 0.250 e. The van der Waals surface area contributed by atoms with Gasteiger partial charge in [-0.1, -0.05) is 37.7 Å². The summed E-state index contributed by atoms with van der Waals surface area (Å²) in [6, 6.07) is 5.91. The number of amidine groups is 1. The van der Waals surface area contributed by atoms with E-state index in [4.69, 9.17) is 0 Å². The third kappa shape index (κ3) is 4.06. The van der Waals surface area contributed by atoms with E-state index in [1.165, 1.54) is 23.9 Å². The van der Waals surface area contributed by atoms with Gasteiger partial charge in [0.2, 0.25) is 0 Å². The fraction of sp³-hybridized carbons (Fsp3) is 0.529. The molecule has 25 heavy (non-hydrogen) atoms. The number of carbonyl (C=O) groups is 1. The topological polar surface area (TPSA) is 66.8 Å². The lowest BCUT2D eigenvalue weighted by Crippen LogP contribution is -2.37. The van der Waals surface area contributed by atoms with Gasteiger partial charge in [0.15, 0.2) is 15.0 Å². The first-order valence-electron chi connectivity index (χ1n) is 8.29. The molecule has 0 unspecified atom stereocenters. The number of fused-ring (bicyclic) bond motifs is 1. The molecular weight excluding hydrogens is 363 g/mol. The van der Waals surface area contributed by atoms with Crippen molar-refractivity contribution in [1.82, 2.24) is 4.90 Å². The number of thioether (sulfide) groups is 1. The summed E-state index contributed by atoms with van der Waals surface area (Å²) in [6.07, 6.45) is 0.708.